The Labute approximate surface area is 107 Å². The second kappa shape index (κ2) is 6.39. The summed E-state index contributed by atoms with van der Waals surface area (Å²) in [6.45, 7) is 3.90. The van der Waals surface area contributed by atoms with E-state index < -0.39 is 0 Å². The third-order valence-corrected chi connectivity index (χ3v) is 3.06. The standard InChI is InChI=1S/C12H20N4O2/c1-13-11-10(17-2)12(15-9-14-11)18-8-7-16-5-3-4-6-16/h9H,3-8H2,1-2H3,(H,13,14,15). The Morgan fingerprint density at radius 1 is 1.33 bits per heavy atom. The summed E-state index contributed by atoms with van der Waals surface area (Å²) < 4.78 is 10.9. The molecule has 2 heterocycles. The van der Waals surface area contributed by atoms with E-state index in [-0.39, 0.29) is 0 Å². The Hall–Kier alpha value is -1.56. The maximum absolute atomic E-state index is 5.67. The minimum absolute atomic E-state index is 0.496. The minimum Gasteiger partial charge on any atom is -0.489 e. The van der Waals surface area contributed by atoms with Crippen LogP contribution in [0.2, 0.25) is 0 Å². The van der Waals surface area contributed by atoms with E-state index in [1.165, 1.54) is 32.3 Å². The van der Waals surface area contributed by atoms with E-state index in [9.17, 15) is 0 Å². The molecule has 2 rings (SSSR count). The van der Waals surface area contributed by atoms with Gasteiger partial charge in [-0.15, -0.1) is 0 Å². The average molecular weight is 252 g/mol. The van der Waals surface area contributed by atoms with Gasteiger partial charge in [0.05, 0.1) is 7.11 Å². The molecule has 6 heteroatoms. The zero-order valence-electron chi connectivity index (χ0n) is 11.0. The molecule has 18 heavy (non-hydrogen) atoms. The lowest BCUT2D eigenvalue weighted by Gasteiger charge is -2.16. The van der Waals surface area contributed by atoms with Crippen LogP contribution in [-0.4, -0.2) is 55.3 Å². The highest BCUT2D eigenvalue weighted by molar-refractivity contribution is 5.54. The van der Waals surface area contributed by atoms with Crippen molar-refractivity contribution in [1.82, 2.24) is 14.9 Å². The fourth-order valence-electron chi connectivity index (χ4n) is 2.10. The van der Waals surface area contributed by atoms with Crippen molar-refractivity contribution < 1.29 is 9.47 Å². The minimum atomic E-state index is 0.496. The summed E-state index contributed by atoms with van der Waals surface area (Å²) in [7, 11) is 3.38. The first kappa shape index (κ1) is 12.9. The van der Waals surface area contributed by atoms with Crippen LogP contribution in [0.4, 0.5) is 5.82 Å². The van der Waals surface area contributed by atoms with Crippen LogP contribution in [0.15, 0.2) is 6.33 Å². The average Bonchev–Trinajstić information content (AvgIpc) is 2.91. The number of aromatic nitrogens is 2. The molecule has 0 saturated carbocycles. The van der Waals surface area contributed by atoms with Gasteiger partial charge in [-0.3, -0.25) is 4.90 Å². The van der Waals surface area contributed by atoms with E-state index in [1.54, 1.807) is 14.2 Å². The van der Waals surface area contributed by atoms with E-state index in [0.717, 1.165) is 6.54 Å². The van der Waals surface area contributed by atoms with Gasteiger partial charge >= 0.3 is 0 Å². The Balaban J connectivity index is 1.91. The molecule has 0 radical (unpaired) electrons. The smallest absolute Gasteiger partial charge is 0.262 e. The molecular formula is C12H20N4O2. The number of rotatable bonds is 6. The topological polar surface area (TPSA) is 59.5 Å². The third kappa shape index (κ3) is 3.01. The van der Waals surface area contributed by atoms with Gasteiger partial charge in [-0.1, -0.05) is 0 Å². The molecule has 1 aromatic rings. The molecule has 0 aliphatic carbocycles. The normalized spacial score (nSPS) is 15.7. The number of nitrogens with one attached hydrogen (secondary N) is 1. The molecule has 1 saturated heterocycles. The van der Waals surface area contributed by atoms with Gasteiger partial charge < -0.3 is 14.8 Å². The van der Waals surface area contributed by atoms with E-state index in [4.69, 9.17) is 9.47 Å². The lowest BCUT2D eigenvalue weighted by atomic mass is 10.4. The molecular weight excluding hydrogens is 232 g/mol. The Bertz CT molecular complexity index is 380. The fraction of sp³-hybridized carbons (Fsp3) is 0.667. The molecule has 0 unspecified atom stereocenters. The predicted octanol–water partition coefficient (Wildman–Crippen LogP) is 1.00. The van der Waals surface area contributed by atoms with E-state index in [0.29, 0.717) is 24.1 Å². The van der Waals surface area contributed by atoms with Crippen molar-refractivity contribution in [3.63, 3.8) is 0 Å². The maximum atomic E-state index is 5.67. The fourth-order valence-corrected chi connectivity index (χ4v) is 2.10. The molecule has 1 fully saturated rings. The summed E-state index contributed by atoms with van der Waals surface area (Å²) >= 11 is 0. The molecule has 0 bridgehead atoms. The van der Waals surface area contributed by atoms with E-state index in [1.807, 2.05) is 0 Å². The number of likely N-dealkylation sites (tertiary alicyclic amines) is 1. The largest absolute Gasteiger partial charge is 0.489 e. The number of anilines is 1. The van der Waals surface area contributed by atoms with Gasteiger partial charge in [0.2, 0.25) is 5.75 Å². The van der Waals surface area contributed by atoms with Crippen molar-refractivity contribution in [3.8, 4) is 11.6 Å². The van der Waals surface area contributed by atoms with Gasteiger partial charge in [0.25, 0.3) is 5.88 Å². The summed E-state index contributed by atoms with van der Waals surface area (Å²) in [5.41, 5.74) is 0. The lowest BCUT2D eigenvalue weighted by molar-refractivity contribution is 0.223. The maximum Gasteiger partial charge on any atom is 0.262 e. The summed E-state index contributed by atoms with van der Waals surface area (Å²) in [4.78, 5) is 10.6. The quantitative estimate of drug-likeness (QED) is 0.815. The first-order valence-corrected chi connectivity index (χ1v) is 6.27. The first-order chi connectivity index (χ1) is 8.85. The van der Waals surface area contributed by atoms with Crippen molar-refractivity contribution in [2.75, 3.05) is 45.7 Å². The van der Waals surface area contributed by atoms with E-state index in [2.05, 4.69) is 20.2 Å². The molecule has 6 nitrogen and oxygen atoms in total. The molecule has 0 spiro atoms. The summed E-state index contributed by atoms with van der Waals surface area (Å²) in [5, 5.41) is 2.95. The van der Waals surface area contributed by atoms with Crippen LogP contribution in [0.5, 0.6) is 11.6 Å². The monoisotopic (exact) mass is 252 g/mol. The molecule has 0 atom stereocenters. The third-order valence-electron chi connectivity index (χ3n) is 3.06. The number of hydrogen-bond donors (Lipinski definition) is 1. The van der Waals surface area contributed by atoms with Crippen LogP contribution in [0.25, 0.3) is 0 Å². The number of hydrogen-bond acceptors (Lipinski definition) is 6. The SMILES string of the molecule is CNc1ncnc(OCCN2CCCC2)c1OC. The summed E-state index contributed by atoms with van der Waals surface area (Å²) in [6, 6.07) is 0. The molecule has 1 N–H and O–H groups in total. The Morgan fingerprint density at radius 3 is 2.78 bits per heavy atom. The second-order valence-corrected chi connectivity index (χ2v) is 4.21. The van der Waals surface area contributed by atoms with Gasteiger partial charge in [-0.25, -0.2) is 4.98 Å². The van der Waals surface area contributed by atoms with Gasteiger partial charge in [0.15, 0.2) is 5.82 Å². The summed E-state index contributed by atoms with van der Waals surface area (Å²) in [5.74, 6) is 1.70. The van der Waals surface area contributed by atoms with Crippen LogP contribution < -0.4 is 14.8 Å². The van der Waals surface area contributed by atoms with Gasteiger partial charge in [-0.05, 0) is 25.9 Å². The highest BCUT2D eigenvalue weighted by Crippen LogP contribution is 2.30. The van der Waals surface area contributed by atoms with Crippen molar-refractivity contribution >= 4 is 5.82 Å². The van der Waals surface area contributed by atoms with Crippen LogP contribution in [-0.2, 0) is 0 Å². The molecule has 1 aliphatic heterocycles. The molecule has 1 aliphatic rings. The van der Waals surface area contributed by atoms with Crippen LogP contribution in [0.3, 0.4) is 0 Å². The van der Waals surface area contributed by atoms with Crippen molar-refractivity contribution in [2.24, 2.45) is 0 Å². The first-order valence-electron chi connectivity index (χ1n) is 6.27. The Morgan fingerprint density at radius 2 is 2.11 bits per heavy atom. The zero-order chi connectivity index (χ0) is 12.8. The lowest BCUT2D eigenvalue weighted by Crippen LogP contribution is -2.25. The number of nitrogens with zero attached hydrogens (tertiary/aromatic N) is 3. The highest BCUT2D eigenvalue weighted by Gasteiger charge is 2.14. The molecule has 100 valence electrons. The molecule has 1 aromatic heterocycles. The number of methoxy groups -OCH3 is 1. The van der Waals surface area contributed by atoms with Crippen molar-refractivity contribution in [1.29, 1.82) is 0 Å². The predicted molar refractivity (Wildman–Crippen MR) is 69.3 cm³/mol. The highest BCUT2D eigenvalue weighted by atomic mass is 16.5. The zero-order valence-corrected chi connectivity index (χ0v) is 11.0. The van der Waals surface area contributed by atoms with Crippen molar-refractivity contribution in [2.45, 2.75) is 12.8 Å². The second-order valence-electron chi connectivity index (χ2n) is 4.21. The van der Waals surface area contributed by atoms with E-state index >= 15 is 0 Å². The number of ether oxygens (including phenoxy) is 2. The van der Waals surface area contributed by atoms with Gasteiger partial charge in [-0.2, -0.15) is 4.98 Å². The van der Waals surface area contributed by atoms with Crippen LogP contribution >= 0.6 is 0 Å². The molecule has 0 amide bonds. The van der Waals surface area contributed by atoms with Gasteiger partial charge in [0, 0.05) is 13.6 Å². The Kier molecular flexibility index (Phi) is 4.58. The van der Waals surface area contributed by atoms with Crippen LogP contribution in [0, 0.1) is 0 Å². The molecule has 0 aromatic carbocycles. The summed E-state index contributed by atoms with van der Waals surface area (Å²) in [6.07, 6.45) is 4.06. The van der Waals surface area contributed by atoms with Gasteiger partial charge in [0.1, 0.15) is 12.9 Å². The van der Waals surface area contributed by atoms with Crippen molar-refractivity contribution in [3.05, 3.63) is 6.33 Å². The van der Waals surface area contributed by atoms with Crippen LogP contribution in [0.1, 0.15) is 12.8 Å².